The zero-order chi connectivity index (χ0) is 17.1. The Morgan fingerprint density at radius 3 is 2.79 bits per heavy atom. The summed E-state index contributed by atoms with van der Waals surface area (Å²) in [6.07, 6.45) is 0. The molecule has 2 N–H and O–H groups in total. The molecule has 1 amide bonds. The van der Waals surface area contributed by atoms with Crippen LogP contribution in [0, 0.1) is 5.82 Å². The third-order valence-electron chi connectivity index (χ3n) is 3.87. The molecule has 1 atom stereocenters. The number of nitrogens with one attached hydrogen (secondary N) is 2. The third kappa shape index (κ3) is 3.25. The Hall–Kier alpha value is -2.82. The summed E-state index contributed by atoms with van der Waals surface area (Å²) >= 11 is 0. The molecular weight excluding hydrogens is 307 g/mol. The molecule has 0 spiro atoms. The molecule has 3 aromatic rings. The average Bonchev–Trinajstić information content (AvgIpc) is 3.01. The second-order valence-corrected chi connectivity index (χ2v) is 5.58. The Kier molecular flexibility index (Phi) is 4.51. The molecule has 3 rings (SSSR count). The number of aromatic amines is 1. The standard InChI is InChI=1S/C19H19FN2O2/c1-3-24-14-7-4-6-13(10-14)12(2)21-19(23)18-11-15-16(20)8-5-9-17(15)22-18/h4-12,22H,3H2,1-2H3,(H,21,23). The van der Waals surface area contributed by atoms with Gasteiger partial charge in [0, 0.05) is 10.9 Å². The number of carbonyl (C=O) groups excluding carboxylic acids is 1. The van der Waals surface area contributed by atoms with Gasteiger partial charge in [-0.05, 0) is 49.7 Å². The largest absolute Gasteiger partial charge is 0.494 e. The smallest absolute Gasteiger partial charge is 0.268 e. The molecule has 0 aliphatic carbocycles. The van der Waals surface area contributed by atoms with Gasteiger partial charge in [-0.1, -0.05) is 18.2 Å². The molecule has 1 aromatic heterocycles. The molecule has 0 fully saturated rings. The first-order valence-corrected chi connectivity index (χ1v) is 7.89. The molecule has 0 aliphatic heterocycles. The molecule has 1 unspecified atom stereocenters. The number of amides is 1. The maximum Gasteiger partial charge on any atom is 0.268 e. The van der Waals surface area contributed by atoms with E-state index in [1.807, 2.05) is 38.1 Å². The lowest BCUT2D eigenvalue weighted by Crippen LogP contribution is -2.26. The Morgan fingerprint density at radius 2 is 2.04 bits per heavy atom. The van der Waals surface area contributed by atoms with Crippen molar-refractivity contribution >= 4 is 16.8 Å². The van der Waals surface area contributed by atoms with E-state index in [1.165, 1.54) is 12.1 Å². The predicted molar refractivity (Wildman–Crippen MR) is 91.7 cm³/mol. The van der Waals surface area contributed by atoms with Crippen molar-refractivity contribution < 1.29 is 13.9 Å². The molecule has 5 heteroatoms. The number of ether oxygens (including phenoxy) is 1. The van der Waals surface area contributed by atoms with Crippen molar-refractivity contribution in [2.24, 2.45) is 0 Å². The highest BCUT2D eigenvalue weighted by atomic mass is 19.1. The van der Waals surface area contributed by atoms with E-state index in [2.05, 4.69) is 10.3 Å². The normalized spacial score (nSPS) is 12.1. The van der Waals surface area contributed by atoms with E-state index in [1.54, 1.807) is 12.1 Å². The summed E-state index contributed by atoms with van der Waals surface area (Å²) in [4.78, 5) is 15.4. The van der Waals surface area contributed by atoms with Crippen LogP contribution in [0.4, 0.5) is 4.39 Å². The van der Waals surface area contributed by atoms with E-state index in [-0.39, 0.29) is 17.8 Å². The minimum Gasteiger partial charge on any atom is -0.494 e. The van der Waals surface area contributed by atoms with E-state index in [0.717, 1.165) is 11.3 Å². The Bertz CT molecular complexity index is 873. The molecule has 0 bridgehead atoms. The fraction of sp³-hybridized carbons (Fsp3) is 0.211. The first-order valence-electron chi connectivity index (χ1n) is 7.89. The third-order valence-corrected chi connectivity index (χ3v) is 3.87. The Labute approximate surface area is 139 Å². The summed E-state index contributed by atoms with van der Waals surface area (Å²) in [5, 5.41) is 3.32. The van der Waals surface area contributed by atoms with Gasteiger partial charge in [-0.15, -0.1) is 0 Å². The lowest BCUT2D eigenvalue weighted by molar-refractivity contribution is 0.0935. The minimum absolute atomic E-state index is 0.200. The van der Waals surface area contributed by atoms with Crippen molar-refractivity contribution in [1.29, 1.82) is 0 Å². The van der Waals surface area contributed by atoms with Gasteiger partial charge in [0.2, 0.25) is 0 Å². The van der Waals surface area contributed by atoms with E-state index < -0.39 is 0 Å². The summed E-state index contributed by atoms with van der Waals surface area (Å²) in [6, 6.07) is 13.7. The second-order valence-electron chi connectivity index (χ2n) is 5.58. The van der Waals surface area contributed by atoms with Gasteiger partial charge >= 0.3 is 0 Å². The van der Waals surface area contributed by atoms with E-state index in [9.17, 15) is 9.18 Å². The Balaban J connectivity index is 1.78. The number of fused-ring (bicyclic) bond motifs is 1. The zero-order valence-electron chi connectivity index (χ0n) is 13.6. The van der Waals surface area contributed by atoms with Crippen LogP contribution in [0.15, 0.2) is 48.5 Å². The highest BCUT2D eigenvalue weighted by Gasteiger charge is 2.15. The lowest BCUT2D eigenvalue weighted by atomic mass is 10.1. The number of H-pyrrole nitrogens is 1. The quantitative estimate of drug-likeness (QED) is 0.738. The Morgan fingerprint density at radius 1 is 1.25 bits per heavy atom. The van der Waals surface area contributed by atoms with Crippen LogP contribution < -0.4 is 10.1 Å². The number of rotatable bonds is 5. The monoisotopic (exact) mass is 326 g/mol. The average molecular weight is 326 g/mol. The van der Waals surface area contributed by atoms with Crippen LogP contribution in [0.3, 0.4) is 0 Å². The van der Waals surface area contributed by atoms with Crippen LogP contribution in [0.5, 0.6) is 5.75 Å². The molecule has 2 aromatic carbocycles. The van der Waals surface area contributed by atoms with Crippen LogP contribution in [0.2, 0.25) is 0 Å². The van der Waals surface area contributed by atoms with Crippen molar-refractivity contribution in [2.75, 3.05) is 6.61 Å². The highest BCUT2D eigenvalue weighted by molar-refractivity contribution is 5.98. The SMILES string of the molecule is CCOc1cccc(C(C)NC(=O)c2cc3c(F)cccc3[nH]2)c1. The molecule has 0 saturated heterocycles. The van der Waals surface area contributed by atoms with Crippen molar-refractivity contribution in [3.05, 3.63) is 65.6 Å². The van der Waals surface area contributed by atoms with Gasteiger partial charge in [0.15, 0.2) is 0 Å². The number of carbonyl (C=O) groups is 1. The number of hydrogen-bond acceptors (Lipinski definition) is 2. The van der Waals surface area contributed by atoms with Crippen molar-refractivity contribution in [3.63, 3.8) is 0 Å². The maximum atomic E-state index is 13.7. The highest BCUT2D eigenvalue weighted by Crippen LogP contribution is 2.21. The fourth-order valence-corrected chi connectivity index (χ4v) is 2.64. The van der Waals surface area contributed by atoms with Gasteiger partial charge in [-0.3, -0.25) is 4.79 Å². The van der Waals surface area contributed by atoms with Crippen molar-refractivity contribution in [3.8, 4) is 5.75 Å². The van der Waals surface area contributed by atoms with Crippen LogP contribution in [-0.2, 0) is 0 Å². The van der Waals surface area contributed by atoms with Crippen LogP contribution >= 0.6 is 0 Å². The maximum absolute atomic E-state index is 13.7. The summed E-state index contributed by atoms with van der Waals surface area (Å²) < 4.78 is 19.2. The van der Waals surface area contributed by atoms with E-state index in [0.29, 0.717) is 23.2 Å². The lowest BCUT2D eigenvalue weighted by Gasteiger charge is -2.15. The van der Waals surface area contributed by atoms with Gasteiger partial charge in [0.25, 0.3) is 5.91 Å². The topological polar surface area (TPSA) is 54.1 Å². The molecule has 0 saturated carbocycles. The van der Waals surface area contributed by atoms with Gasteiger partial charge in [-0.25, -0.2) is 4.39 Å². The van der Waals surface area contributed by atoms with E-state index in [4.69, 9.17) is 4.74 Å². The fourth-order valence-electron chi connectivity index (χ4n) is 2.64. The molecule has 0 radical (unpaired) electrons. The summed E-state index contributed by atoms with van der Waals surface area (Å²) in [7, 11) is 0. The summed E-state index contributed by atoms with van der Waals surface area (Å²) in [5.41, 5.74) is 1.88. The first-order chi connectivity index (χ1) is 11.6. The van der Waals surface area contributed by atoms with Gasteiger partial charge < -0.3 is 15.0 Å². The first kappa shape index (κ1) is 16.1. The van der Waals surface area contributed by atoms with Gasteiger partial charge in [0.05, 0.1) is 12.6 Å². The number of aromatic nitrogens is 1. The summed E-state index contributed by atoms with van der Waals surface area (Å²) in [6.45, 7) is 4.41. The predicted octanol–water partition coefficient (Wildman–Crippen LogP) is 4.20. The molecule has 4 nitrogen and oxygen atoms in total. The zero-order valence-corrected chi connectivity index (χ0v) is 13.6. The van der Waals surface area contributed by atoms with Gasteiger partial charge in [0.1, 0.15) is 17.3 Å². The minimum atomic E-state index is -0.347. The van der Waals surface area contributed by atoms with Crippen LogP contribution in [0.25, 0.3) is 10.9 Å². The molecular formula is C19H19FN2O2. The molecule has 124 valence electrons. The number of benzene rings is 2. The van der Waals surface area contributed by atoms with Crippen LogP contribution in [-0.4, -0.2) is 17.5 Å². The molecule has 0 aliphatic rings. The number of halogens is 1. The molecule has 1 heterocycles. The van der Waals surface area contributed by atoms with Crippen molar-refractivity contribution in [1.82, 2.24) is 10.3 Å². The number of hydrogen-bond donors (Lipinski definition) is 2. The summed E-state index contributed by atoms with van der Waals surface area (Å²) in [5.74, 6) is 0.143. The second kappa shape index (κ2) is 6.74. The van der Waals surface area contributed by atoms with E-state index >= 15 is 0 Å². The molecule has 24 heavy (non-hydrogen) atoms. The van der Waals surface area contributed by atoms with Crippen molar-refractivity contribution in [2.45, 2.75) is 19.9 Å². The van der Waals surface area contributed by atoms with Crippen LogP contribution in [0.1, 0.15) is 35.9 Å². The van der Waals surface area contributed by atoms with Gasteiger partial charge in [-0.2, -0.15) is 0 Å².